The summed E-state index contributed by atoms with van der Waals surface area (Å²) in [6.45, 7) is 5.89. The van der Waals surface area contributed by atoms with Crippen molar-refractivity contribution in [1.82, 2.24) is 0 Å². The highest BCUT2D eigenvalue weighted by atomic mass is 16.5. The lowest BCUT2D eigenvalue weighted by molar-refractivity contribution is 0.0188. The van der Waals surface area contributed by atoms with E-state index in [9.17, 15) is 5.11 Å². The standard InChI is InChI=1S/C10H20O2/c1-8(2)10(11)6-9-4-3-5-12-7-9/h8-11H,3-7H2,1-2H3. The minimum Gasteiger partial charge on any atom is -0.393 e. The maximum Gasteiger partial charge on any atom is 0.0566 e. The Bertz CT molecular complexity index is 117. The molecule has 0 bridgehead atoms. The van der Waals surface area contributed by atoms with Crippen molar-refractivity contribution in [1.29, 1.82) is 0 Å². The van der Waals surface area contributed by atoms with Crippen LogP contribution in [-0.4, -0.2) is 24.4 Å². The minimum absolute atomic E-state index is 0.142. The second-order valence-electron chi connectivity index (χ2n) is 4.13. The van der Waals surface area contributed by atoms with Gasteiger partial charge in [0, 0.05) is 13.2 Å². The van der Waals surface area contributed by atoms with Crippen molar-refractivity contribution >= 4 is 0 Å². The molecule has 1 heterocycles. The Labute approximate surface area is 74.9 Å². The first kappa shape index (κ1) is 10.0. The van der Waals surface area contributed by atoms with E-state index in [-0.39, 0.29) is 6.10 Å². The van der Waals surface area contributed by atoms with E-state index in [0.29, 0.717) is 11.8 Å². The monoisotopic (exact) mass is 172 g/mol. The van der Waals surface area contributed by atoms with Crippen LogP contribution in [0, 0.1) is 11.8 Å². The molecule has 1 fully saturated rings. The van der Waals surface area contributed by atoms with Crippen molar-refractivity contribution in [2.24, 2.45) is 11.8 Å². The summed E-state index contributed by atoms with van der Waals surface area (Å²) in [5.41, 5.74) is 0. The molecule has 2 heteroatoms. The molecule has 0 aromatic rings. The lowest BCUT2D eigenvalue weighted by atomic mass is 9.91. The normalized spacial score (nSPS) is 27.5. The summed E-state index contributed by atoms with van der Waals surface area (Å²) in [7, 11) is 0. The Hall–Kier alpha value is -0.0800. The fourth-order valence-corrected chi connectivity index (χ4v) is 1.61. The van der Waals surface area contributed by atoms with Gasteiger partial charge in [-0.1, -0.05) is 13.8 Å². The van der Waals surface area contributed by atoms with E-state index in [0.717, 1.165) is 26.1 Å². The Morgan fingerprint density at radius 2 is 2.25 bits per heavy atom. The van der Waals surface area contributed by atoms with Gasteiger partial charge in [0.1, 0.15) is 0 Å². The third-order valence-corrected chi connectivity index (χ3v) is 2.60. The second kappa shape index (κ2) is 4.83. The van der Waals surface area contributed by atoms with Crippen molar-refractivity contribution in [3.8, 4) is 0 Å². The van der Waals surface area contributed by atoms with E-state index >= 15 is 0 Å². The summed E-state index contributed by atoms with van der Waals surface area (Å²) in [6.07, 6.45) is 3.16. The summed E-state index contributed by atoms with van der Waals surface area (Å²) in [4.78, 5) is 0. The molecule has 1 N–H and O–H groups in total. The topological polar surface area (TPSA) is 29.5 Å². The number of hydrogen-bond acceptors (Lipinski definition) is 2. The number of ether oxygens (including phenoxy) is 1. The van der Waals surface area contributed by atoms with Gasteiger partial charge in [-0.15, -0.1) is 0 Å². The molecule has 1 aliphatic heterocycles. The molecule has 0 aromatic carbocycles. The van der Waals surface area contributed by atoms with Crippen LogP contribution in [-0.2, 0) is 4.74 Å². The maximum absolute atomic E-state index is 9.62. The molecule has 2 unspecified atom stereocenters. The van der Waals surface area contributed by atoms with Crippen molar-refractivity contribution in [2.45, 2.75) is 39.2 Å². The second-order valence-corrected chi connectivity index (χ2v) is 4.13. The van der Waals surface area contributed by atoms with Crippen LogP contribution in [0.15, 0.2) is 0 Å². The molecule has 72 valence electrons. The molecule has 0 saturated carbocycles. The predicted molar refractivity (Wildman–Crippen MR) is 49.0 cm³/mol. The summed E-state index contributed by atoms with van der Waals surface area (Å²) in [5.74, 6) is 0.975. The van der Waals surface area contributed by atoms with E-state index in [1.54, 1.807) is 0 Å². The van der Waals surface area contributed by atoms with E-state index in [2.05, 4.69) is 13.8 Å². The lowest BCUT2D eigenvalue weighted by Gasteiger charge is -2.25. The molecule has 0 aliphatic carbocycles. The Morgan fingerprint density at radius 3 is 2.75 bits per heavy atom. The molecule has 12 heavy (non-hydrogen) atoms. The minimum atomic E-state index is -0.142. The molecule has 1 saturated heterocycles. The van der Waals surface area contributed by atoms with Gasteiger partial charge in [0.15, 0.2) is 0 Å². The van der Waals surface area contributed by atoms with E-state index in [1.165, 1.54) is 6.42 Å². The van der Waals surface area contributed by atoms with Crippen LogP contribution in [0.1, 0.15) is 33.1 Å². The highest BCUT2D eigenvalue weighted by molar-refractivity contribution is 4.69. The van der Waals surface area contributed by atoms with Crippen molar-refractivity contribution in [3.05, 3.63) is 0 Å². The van der Waals surface area contributed by atoms with Gasteiger partial charge in [0.05, 0.1) is 6.10 Å². The Morgan fingerprint density at radius 1 is 1.50 bits per heavy atom. The summed E-state index contributed by atoms with van der Waals surface area (Å²) >= 11 is 0. The molecule has 1 rings (SSSR count). The van der Waals surface area contributed by atoms with Gasteiger partial charge < -0.3 is 9.84 Å². The van der Waals surface area contributed by atoms with Gasteiger partial charge in [-0.05, 0) is 31.1 Å². The first-order chi connectivity index (χ1) is 5.70. The average Bonchev–Trinajstić information content (AvgIpc) is 2.06. The highest BCUT2D eigenvalue weighted by Gasteiger charge is 2.19. The Balaban J connectivity index is 2.20. The van der Waals surface area contributed by atoms with Gasteiger partial charge in [0.2, 0.25) is 0 Å². The van der Waals surface area contributed by atoms with Crippen molar-refractivity contribution in [2.75, 3.05) is 13.2 Å². The number of aliphatic hydroxyl groups is 1. The number of aliphatic hydroxyl groups excluding tert-OH is 1. The zero-order valence-electron chi connectivity index (χ0n) is 8.12. The highest BCUT2D eigenvalue weighted by Crippen LogP contribution is 2.21. The number of hydrogen-bond donors (Lipinski definition) is 1. The summed E-state index contributed by atoms with van der Waals surface area (Å²) < 4.78 is 5.35. The quantitative estimate of drug-likeness (QED) is 0.703. The maximum atomic E-state index is 9.62. The average molecular weight is 172 g/mol. The molecule has 1 aliphatic rings. The molecule has 0 amide bonds. The van der Waals surface area contributed by atoms with Crippen LogP contribution in [0.3, 0.4) is 0 Å². The largest absolute Gasteiger partial charge is 0.393 e. The third kappa shape index (κ3) is 3.11. The van der Waals surface area contributed by atoms with Crippen LogP contribution in [0.5, 0.6) is 0 Å². The van der Waals surface area contributed by atoms with Crippen LogP contribution in [0.2, 0.25) is 0 Å². The molecule has 0 spiro atoms. The summed E-state index contributed by atoms with van der Waals surface area (Å²) in [6, 6.07) is 0. The molecule has 2 atom stereocenters. The SMILES string of the molecule is CC(C)C(O)CC1CCCOC1. The first-order valence-electron chi connectivity index (χ1n) is 4.96. The number of rotatable bonds is 3. The molecular formula is C10H20O2. The van der Waals surface area contributed by atoms with Crippen LogP contribution in [0.4, 0.5) is 0 Å². The molecule has 0 aromatic heterocycles. The smallest absolute Gasteiger partial charge is 0.0566 e. The van der Waals surface area contributed by atoms with Crippen LogP contribution >= 0.6 is 0 Å². The summed E-state index contributed by atoms with van der Waals surface area (Å²) in [5, 5.41) is 9.62. The molecule has 0 radical (unpaired) electrons. The van der Waals surface area contributed by atoms with Crippen LogP contribution in [0.25, 0.3) is 0 Å². The molecule has 2 nitrogen and oxygen atoms in total. The lowest BCUT2D eigenvalue weighted by Crippen LogP contribution is -2.25. The van der Waals surface area contributed by atoms with E-state index < -0.39 is 0 Å². The van der Waals surface area contributed by atoms with Crippen molar-refractivity contribution < 1.29 is 9.84 Å². The zero-order chi connectivity index (χ0) is 8.97. The van der Waals surface area contributed by atoms with Crippen LogP contribution < -0.4 is 0 Å². The van der Waals surface area contributed by atoms with Gasteiger partial charge in [-0.3, -0.25) is 0 Å². The fourth-order valence-electron chi connectivity index (χ4n) is 1.61. The molecular weight excluding hydrogens is 152 g/mol. The van der Waals surface area contributed by atoms with E-state index in [1.807, 2.05) is 0 Å². The zero-order valence-corrected chi connectivity index (χ0v) is 8.12. The Kier molecular flexibility index (Phi) is 4.02. The van der Waals surface area contributed by atoms with Gasteiger partial charge in [0.25, 0.3) is 0 Å². The third-order valence-electron chi connectivity index (χ3n) is 2.60. The van der Waals surface area contributed by atoms with E-state index in [4.69, 9.17) is 4.74 Å². The predicted octanol–water partition coefficient (Wildman–Crippen LogP) is 1.82. The van der Waals surface area contributed by atoms with Gasteiger partial charge in [-0.25, -0.2) is 0 Å². The van der Waals surface area contributed by atoms with Gasteiger partial charge in [-0.2, -0.15) is 0 Å². The fraction of sp³-hybridized carbons (Fsp3) is 1.00. The first-order valence-corrected chi connectivity index (χ1v) is 4.96. The van der Waals surface area contributed by atoms with Gasteiger partial charge >= 0.3 is 0 Å². The van der Waals surface area contributed by atoms with Crippen molar-refractivity contribution in [3.63, 3.8) is 0 Å².